The van der Waals surface area contributed by atoms with Gasteiger partial charge in [0.1, 0.15) is 0 Å². The van der Waals surface area contributed by atoms with E-state index in [-0.39, 0.29) is 0 Å². The van der Waals surface area contributed by atoms with Crippen LogP contribution in [0.1, 0.15) is 0 Å². The van der Waals surface area contributed by atoms with E-state index in [0.717, 1.165) is 0 Å². The standard InChI is InChI=1S/C2H2.CH3F.CH2O3/c2*1-2;2-1(3)4/h1-2H;1H3;(H2,2,3,4). The molecule has 0 aromatic heterocycles. The molecule has 0 unspecified atom stereocenters. The monoisotopic (exact) mass is 122 g/mol. The first-order valence-corrected chi connectivity index (χ1v) is 1.36. The largest absolute Gasteiger partial charge is 0.503 e. The van der Waals surface area contributed by atoms with Gasteiger partial charge in [0.05, 0.1) is 7.18 Å². The molecule has 0 saturated heterocycles. The van der Waals surface area contributed by atoms with Crippen molar-refractivity contribution in [1.29, 1.82) is 0 Å². The van der Waals surface area contributed by atoms with E-state index in [1.807, 2.05) is 0 Å². The first kappa shape index (κ1) is 15.9. The zero-order valence-corrected chi connectivity index (χ0v) is 4.34. The molecule has 0 atom stereocenters. The van der Waals surface area contributed by atoms with Crippen LogP contribution in [0.5, 0.6) is 0 Å². The maximum absolute atomic E-state index is 9.50. The van der Waals surface area contributed by atoms with E-state index >= 15 is 0 Å². The van der Waals surface area contributed by atoms with Gasteiger partial charge in [-0.15, -0.1) is 12.8 Å². The molecule has 0 rings (SSSR count). The van der Waals surface area contributed by atoms with Gasteiger partial charge in [-0.1, -0.05) is 0 Å². The number of hydrogen-bond donors (Lipinski definition) is 2. The minimum absolute atomic E-state index is 0.500. The molecule has 2 N–H and O–H groups in total. The second kappa shape index (κ2) is 42.1. The molecule has 0 bridgehead atoms. The van der Waals surface area contributed by atoms with Gasteiger partial charge < -0.3 is 10.2 Å². The lowest BCUT2D eigenvalue weighted by Crippen LogP contribution is -1.81. The lowest BCUT2D eigenvalue weighted by atomic mass is 11.4. The van der Waals surface area contributed by atoms with Crippen LogP contribution in [0.3, 0.4) is 0 Å². The molecule has 8 heavy (non-hydrogen) atoms. The summed E-state index contributed by atoms with van der Waals surface area (Å²) in [5, 5.41) is 13.9. The smallest absolute Gasteiger partial charge is 0.450 e. The van der Waals surface area contributed by atoms with Gasteiger partial charge in [-0.2, -0.15) is 0 Å². The highest BCUT2D eigenvalue weighted by Gasteiger charge is 1.70. The highest BCUT2D eigenvalue weighted by atomic mass is 19.1. The van der Waals surface area contributed by atoms with Gasteiger partial charge in [-0.3, -0.25) is 4.39 Å². The SMILES string of the molecule is C#C.CF.O=C(O)O. The third-order valence-electron chi connectivity index (χ3n) is 0. The Morgan fingerprint density at radius 3 is 1.38 bits per heavy atom. The summed E-state index contributed by atoms with van der Waals surface area (Å²) in [4.78, 5) is 8.56. The summed E-state index contributed by atoms with van der Waals surface area (Å²) in [7, 11) is 0.500. The van der Waals surface area contributed by atoms with Gasteiger partial charge in [0.2, 0.25) is 0 Å². The van der Waals surface area contributed by atoms with Crippen LogP contribution in [0.4, 0.5) is 9.18 Å². The van der Waals surface area contributed by atoms with Crippen molar-refractivity contribution in [3.05, 3.63) is 0 Å². The molecule has 0 amide bonds. The van der Waals surface area contributed by atoms with Gasteiger partial charge in [-0.25, -0.2) is 4.79 Å². The molecule has 0 saturated carbocycles. The second-order valence-electron chi connectivity index (χ2n) is 0.283. The van der Waals surface area contributed by atoms with Gasteiger partial charge in [0.15, 0.2) is 0 Å². The molecule has 0 spiro atoms. The predicted molar refractivity (Wildman–Crippen MR) is 27.6 cm³/mol. The molecule has 3 nitrogen and oxygen atoms in total. The maximum atomic E-state index is 9.50. The summed E-state index contributed by atoms with van der Waals surface area (Å²) in [5.74, 6) is 0. The van der Waals surface area contributed by atoms with Crippen molar-refractivity contribution in [3.63, 3.8) is 0 Å². The average molecular weight is 122 g/mol. The predicted octanol–water partition coefficient (Wildman–Crippen LogP) is 1.06. The number of carboxylic acid groups (broad SMARTS) is 2. The topological polar surface area (TPSA) is 57.5 Å². The zero-order valence-electron chi connectivity index (χ0n) is 4.34. The van der Waals surface area contributed by atoms with Crippen LogP contribution in [0.15, 0.2) is 0 Å². The number of carbonyl (C=O) groups is 1. The molecule has 0 radical (unpaired) electrons. The Hall–Kier alpha value is -1.24. The van der Waals surface area contributed by atoms with Crippen LogP contribution >= 0.6 is 0 Å². The Morgan fingerprint density at radius 2 is 1.38 bits per heavy atom. The molecule has 4 heteroatoms. The fourth-order valence-corrected chi connectivity index (χ4v) is 0. The van der Waals surface area contributed by atoms with Crippen molar-refractivity contribution >= 4 is 6.16 Å². The molecule has 0 aliphatic carbocycles. The molecule has 0 aliphatic rings. The minimum Gasteiger partial charge on any atom is -0.450 e. The summed E-state index contributed by atoms with van der Waals surface area (Å²) >= 11 is 0. The van der Waals surface area contributed by atoms with Crippen molar-refractivity contribution < 1.29 is 19.4 Å². The van der Waals surface area contributed by atoms with E-state index in [9.17, 15) is 4.39 Å². The number of alkyl halides is 1. The Morgan fingerprint density at radius 1 is 1.38 bits per heavy atom. The van der Waals surface area contributed by atoms with Gasteiger partial charge >= 0.3 is 6.16 Å². The van der Waals surface area contributed by atoms with E-state index in [4.69, 9.17) is 15.0 Å². The fraction of sp³-hybridized carbons (Fsp3) is 0.250. The average Bonchev–Trinajstić information content (AvgIpc) is 1.75. The van der Waals surface area contributed by atoms with E-state index in [0.29, 0.717) is 7.18 Å². The van der Waals surface area contributed by atoms with E-state index < -0.39 is 6.16 Å². The Bertz CT molecular complexity index is 55.5. The summed E-state index contributed by atoms with van der Waals surface area (Å²) < 4.78 is 9.50. The number of hydrogen-bond acceptors (Lipinski definition) is 1. The van der Waals surface area contributed by atoms with Crippen LogP contribution in [0, 0.1) is 12.8 Å². The zero-order chi connectivity index (χ0) is 7.58. The van der Waals surface area contributed by atoms with E-state index in [2.05, 4.69) is 12.8 Å². The van der Waals surface area contributed by atoms with Gasteiger partial charge in [-0.05, 0) is 0 Å². The highest BCUT2D eigenvalue weighted by molar-refractivity contribution is 5.53. The minimum atomic E-state index is -1.83. The highest BCUT2D eigenvalue weighted by Crippen LogP contribution is 1.42. The molecule has 0 aliphatic heterocycles. The third kappa shape index (κ3) is 43.8. The van der Waals surface area contributed by atoms with Gasteiger partial charge in [0, 0.05) is 0 Å². The molecular weight excluding hydrogens is 115 g/mol. The Labute approximate surface area is 46.8 Å². The number of rotatable bonds is 0. The number of terminal acetylenes is 1. The van der Waals surface area contributed by atoms with Crippen LogP contribution in [0.25, 0.3) is 0 Å². The first-order valence-electron chi connectivity index (χ1n) is 1.36. The first-order chi connectivity index (χ1) is 3.73. The summed E-state index contributed by atoms with van der Waals surface area (Å²) in [6.45, 7) is 0. The molecule has 0 aromatic rings. The fourth-order valence-electron chi connectivity index (χ4n) is 0. The van der Waals surface area contributed by atoms with E-state index in [1.54, 1.807) is 0 Å². The second-order valence-corrected chi connectivity index (χ2v) is 0.283. The van der Waals surface area contributed by atoms with Crippen LogP contribution in [-0.2, 0) is 0 Å². The third-order valence-corrected chi connectivity index (χ3v) is 0. The normalized spacial score (nSPS) is 4.00. The van der Waals surface area contributed by atoms with Crippen molar-refractivity contribution in [2.45, 2.75) is 0 Å². The van der Waals surface area contributed by atoms with Crippen molar-refractivity contribution in [2.75, 3.05) is 7.18 Å². The molecule has 0 heterocycles. The quantitative estimate of drug-likeness (QED) is 0.472. The Balaban J connectivity index is -0.0000000542. The van der Waals surface area contributed by atoms with Crippen LogP contribution < -0.4 is 0 Å². The van der Waals surface area contributed by atoms with Crippen molar-refractivity contribution in [1.82, 2.24) is 0 Å². The number of halogens is 1. The summed E-state index contributed by atoms with van der Waals surface area (Å²) in [5.41, 5.74) is 0. The van der Waals surface area contributed by atoms with Crippen LogP contribution in [-0.4, -0.2) is 23.5 Å². The lowest BCUT2D eigenvalue weighted by Gasteiger charge is -1.60. The maximum Gasteiger partial charge on any atom is 0.503 e. The molecular formula is C4H7FO3. The molecule has 0 aromatic carbocycles. The van der Waals surface area contributed by atoms with E-state index in [1.165, 1.54) is 0 Å². The van der Waals surface area contributed by atoms with Crippen molar-refractivity contribution in [3.8, 4) is 12.8 Å². The Kier molecular flexibility index (Phi) is 83.5. The summed E-state index contributed by atoms with van der Waals surface area (Å²) in [6.07, 6.45) is 6.17. The van der Waals surface area contributed by atoms with Gasteiger partial charge in [0.25, 0.3) is 0 Å². The van der Waals surface area contributed by atoms with Crippen molar-refractivity contribution in [2.24, 2.45) is 0 Å². The lowest BCUT2D eigenvalue weighted by molar-refractivity contribution is 0.137. The molecule has 48 valence electrons. The summed E-state index contributed by atoms with van der Waals surface area (Å²) in [6, 6.07) is 0. The molecule has 0 fully saturated rings. The van der Waals surface area contributed by atoms with Crippen LogP contribution in [0.2, 0.25) is 0 Å².